The fourth-order valence-electron chi connectivity index (χ4n) is 0.914. The summed E-state index contributed by atoms with van der Waals surface area (Å²) in [7, 11) is 7.05. The Morgan fingerprint density at radius 1 is 1.67 bits per heavy atom. The van der Waals surface area contributed by atoms with Crippen LogP contribution in [0.5, 0.6) is 0 Å². The van der Waals surface area contributed by atoms with Gasteiger partial charge in [-0.05, 0) is 6.92 Å². The molecule has 0 aliphatic carbocycles. The van der Waals surface area contributed by atoms with Crippen LogP contribution in [0.1, 0.15) is 16.1 Å². The van der Waals surface area contributed by atoms with Crippen molar-refractivity contribution in [3.63, 3.8) is 0 Å². The van der Waals surface area contributed by atoms with Crippen LogP contribution in [0.3, 0.4) is 0 Å². The number of rotatable bonds is 1. The number of aromatic nitrogens is 1. The lowest BCUT2D eigenvalue weighted by atomic mass is 9.96. The zero-order valence-corrected chi connectivity index (χ0v) is 7.09. The summed E-state index contributed by atoms with van der Waals surface area (Å²) in [6.45, 7) is 1.77. The number of amides is 1. The summed E-state index contributed by atoms with van der Waals surface area (Å²) in [6.07, 6.45) is 1.53. The molecule has 0 saturated heterocycles. The third-order valence-corrected chi connectivity index (χ3v) is 1.58. The summed E-state index contributed by atoms with van der Waals surface area (Å²) >= 11 is 0. The topological polar surface area (TPSA) is 42.0 Å². The second-order valence-corrected chi connectivity index (χ2v) is 2.48. The van der Waals surface area contributed by atoms with E-state index in [4.69, 9.17) is 7.85 Å². The number of hydrogen-bond donors (Lipinski definition) is 1. The highest BCUT2D eigenvalue weighted by Crippen LogP contribution is 2.00. The van der Waals surface area contributed by atoms with E-state index in [2.05, 4.69) is 10.3 Å². The summed E-state index contributed by atoms with van der Waals surface area (Å²) in [6, 6.07) is 1.61. The van der Waals surface area contributed by atoms with E-state index in [-0.39, 0.29) is 5.91 Å². The molecule has 12 heavy (non-hydrogen) atoms. The minimum Gasteiger partial charge on any atom is -0.355 e. The van der Waals surface area contributed by atoms with Crippen LogP contribution in [0.2, 0.25) is 0 Å². The fraction of sp³-hybridized carbons (Fsp3) is 0.250. The molecular formula is C8H9BN2O. The van der Waals surface area contributed by atoms with Crippen molar-refractivity contribution in [2.75, 3.05) is 7.05 Å². The lowest BCUT2D eigenvalue weighted by molar-refractivity contribution is 0.0962. The van der Waals surface area contributed by atoms with Crippen LogP contribution in [-0.4, -0.2) is 25.8 Å². The van der Waals surface area contributed by atoms with Crippen molar-refractivity contribution in [2.45, 2.75) is 6.92 Å². The first-order valence-electron chi connectivity index (χ1n) is 3.59. The molecule has 2 radical (unpaired) electrons. The van der Waals surface area contributed by atoms with E-state index in [9.17, 15) is 4.79 Å². The second kappa shape index (κ2) is 3.39. The Morgan fingerprint density at radius 3 is 2.92 bits per heavy atom. The van der Waals surface area contributed by atoms with Crippen molar-refractivity contribution in [3.8, 4) is 0 Å². The average molecular weight is 160 g/mol. The number of hydrogen-bond acceptors (Lipinski definition) is 2. The predicted octanol–water partition coefficient (Wildman–Crippen LogP) is -0.457. The highest BCUT2D eigenvalue weighted by Gasteiger charge is 2.06. The lowest BCUT2D eigenvalue weighted by Gasteiger charge is -2.03. The van der Waals surface area contributed by atoms with E-state index in [0.29, 0.717) is 16.7 Å². The Bertz CT molecular complexity index is 312. The molecule has 3 nitrogen and oxygen atoms in total. The molecule has 0 fully saturated rings. The first-order valence-corrected chi connectivity index (χ1v) is 3.59. The molecule has 0 bridgehead atoms. The molecule has 1 N–H and O–H groups in total. The number of aryl methyl sites for hydroxylation is 1. The van der Waals surface area contributed by atoms with Gasteiger partial charge in [-0.2, -0.15) is 0 Å². The predicted molar refractivity (Wildman–Crippen MR) is 47.8 cm³/mol. The van der Waals surface area contributed by atoms with Gasteiger partial charge >= 0.3 is 0 Å². The second-order valence-electron chi connectivity index (χ2n) is 2.48. The van der Waals surface area contributed by atoms with Gasteiger partial charge < -0.3 is 5.32 Å². The van der Waals surface area contributed by atoms with Gasteiger partial charge in [-0.1, -0.05) is 11.5 Å². The number of carbonyl (C=O) groups excluding carboxylic acids is 1. The van der Waals surface area contributed by atoms with E-state index in [0.717, 1.165) is 0 Å². The molecule has 4 heteroatoms. The maximum Gasteiger partial charge on any atom is 0.252 e. The zero-order valence-electron chi connectivity index (χ0n) is 7.09. The molecule has 0 unspecified atom stereocenters. The Morgan fingerprint density at radius 2 is 2.33 bits per heavy atom. The summed E-state index contributed by atoms with van der Waals surface area (Å²) < 4.78 is 0. The van der Waals surface area contributed by atoms with E-state index in [1.807, 2.05) is 0 Å². The quantitative estimate of drug-likeness (QED) is 0.565. The van der Waals surface area contributed by atoms with Gasteiger partial charge in [0.05, 0.1) is 5.56 Å². The standard InChI is InChI=1S/C8H9BN2O/c1-5-7(8(12)10-2)3-6(9)4-11-5/h3-4H,1-2H3,(H,10,12). The third-order valence-electron chi connectivity index (χ3n) is 1.58. The average Bonchev–Trinajstić information content (AvgIpc) is 2.08. The van der Waals surface area contributed by atoms with Crippen LogP contribution in [0.4, 0.5) is 0 Å². The maximum absolute atomic E-state index is 11.2. The molecule has 0 atom stereocenters. The summed E-state index contributed by atoms with van der Waals surface area (Å²) in [5.74, 6) is -0.160. The molecule has 1 aromatic rings. The normalized spacial score (nSPS) is 9.50. The van der Waals surface area contributed by atoms with Crippen molar-refractivity contribution in [1.29, 1.82) is 0 Å². The first-order chi connectivity index (χ1) is 5.65. The zero-order chi connectivity index (χ0) is 9.14. The molecule has 0 aromatic carbocycles. The van der Waals surface area contributed by atoms with Crippen LogP contribution in [0, 0.1) is 6.92 Å². The van der Waals surface area contributed by atoms with Crippen LogP contribution in [0.15, 0.2) is 12.3 Å². The number of carbonyl (C=O) groups is 1. The third kappa shape index (κ3) is 1.64. The Hall–Kier alpha value is -1.32. The Kier molecular flexibility index (Phi) is 2.48. The molecule has 0 aliphatic heterocycles. The van der Waals surface area contributed by atoms with Crippen molar-refractivity contribution in [1.82, 2.24) is 10.3 Å². The first kappa shape index (κ1) is 8.78. The molecule has 1 amide bonds. The summed E-state index contributed by atoms with van der Waals surface area (Å²) in [4.78, 5) is 15.1. The van der Waals surface area contributed by atoms with Crippen LogP contribution >= 0.6 is 0 Å². The Balaban J connectivity index is 3.13. The molecule has 60 valence electrons. The fourth-order valence-corrected chi connectivity index (χ4v) is 0.914. The largest absolute Gasteiger partial charge is 0.355 e. The molecule has 0 saturated carbocycles. The molecule has 0 aliphatic rings. The number of nitrogens with zero attached hydrogens (tertiary/aromatic N) is 1. The highest BCUT2D eigenvalue weighted by atomic mass is 16.1. The minimum atomic E-state index is -0.160. The molecule has 1 aromatic heterocycles. The van der Waals surface area contributed by atoms with Gasteiger partial charge in [0.1, 0.15) is 7.85 Å². The van der Waals surface area contributed by atoms with Gasteiger partial charge in [-0.3, -0.25) is 9.78 Å². The summed E-state index contributed by atoms with van der Waals surface area (Å²) in [5, 5.41) is 2.51. The molecule has 0 spiro atoms. The van der Waals surface area contributed by atoms with Crippen LogP contribution in [-0.2, 0) is 0 Å². The van der Waals surface area contributed by atoms with E-state index in [1.165, 1.54) is 6.20 Å². The SMILES string of the molecule is [B]c1cnc(C)c(C(=O)NC)c1. The number of nitrogens with one attached hydrogen (secondary N) is 1. The Labute approximate surface area is 72.6 Å². The highest BCUT2D eigenvalue weighted by molar-refractivity contribution is 6.32. The van der Waals surface area contributed by atoms with Gasteiger partial charge in [0.15, 0.2) is 0 Å². The molecular weight excluding hydrogens is 151 g/mol. The minimum absolute atomic E-state index is 0.160. The van der Waals surface area contributed by atoms with E-state index < -0.39 is 0 Å². The van der Waals surface area contributed by atoms with Gasteiger partial charge in [0, 0.05) is 18.9 Å². The van der Waals surface area contributed by atoms with Crippen molar-refractivity contribution in [2.24, 2.45) is 0 Å². The summed E-state index contributed by atoms with van der Waals surface area (Å²) in [5.41, 5.74) is 1.71. The van der Waals surface area contributed by atoms with E-state index in [1.54, 1.807) is 20.0 Å². The number of pyridine rings is 1. The van der Waals surface area contributed by atoms with Gasteiger partial charge in [-0.25, -0.2) is 0 Å². The molecule has 1 rings (SSSR count). The van der Waals surface area contributed by atoms with Gasteiger partial charge in [-0.15, -0.1) is 0 Å². The van der Waals surface area contributed by atoms with Gasteiger partial charge in [0.2, 0.25) is 0 Å². The molecule has 1 heterocycles. The van der Waals surface area contributed by atoms with Crippen LogP contribution < -0.4 is 10.8 Å². The van der Waals surface area contributed by atoms with Crippen LogP contribution in [0.25, 0.3) is 0 Å². The smallest absolute Gasteiger partial charge is 0.252 e. The van der Waals surface area contributed by atoms with Gasteiger partial charge in [0.25, 0.3) is 5.91 Å². The van der Waals surface area contributed by atoms with Crippen molar-refractivity contribution in [3.05, 3.63) is 23.5 Å². The van der Waals surface area contributed by atoms with Crippen molar-refractivity contribution >= 4 is 19.2 Å². The van der Waals surface area contributed by atoms with Crippen molar-refractivity contribution < 1.29 is 4.79 Å². The monoisotopic (exact) mass is 160 g/mol. The maximum atomic E-state index is 11.2. The lowest BCUT2D eigenvalue weighted by Crippen LogP contribution is -2.21. The van der Waals surface area contributed by atoms with E-state index >= 15 is 0 Å².